The van der Waals surface area contributed by atoms with E-state index in [0.717, 1.165) is 11.8 Å². The molecular weight excluding hydrogens is 496 g/mol. The fraction of sp³-hybridized carbons (Fsp3) is 0.667. The first-order valence-corrected chi connectivity index (χ1v) is 12.7. The number of phosphoric ester groups is 1. The van der Waals surface area contributed by atoms with Gasteiger partial charge in [-0.2, -0.15) is 4.98 Å². The summed E-state index contributed by atoms with van der Waals surface area (Å²) < 4.78 is 51.8. The molecule has 0 aromatic carbocycles. The first-order chi connectivity index (χ1) is 15.9. The second-order valence-corrected chi connectivity index (χ2v) is 11.4. The number of rotatable bonds is 7. The zero-order valence-corrected chi connectivity index (χ0v) is 20.3. The molecule has 2 aliphatic rings. The average Bonchev–Trinajstić information content (AvgIpc) is 3.29. The van der Waals surface area contributed by atoms with E-state index in [-0.39, 0.29) is 47.8 Å². The third-order valence-corrected chi connectivity index (χ3v) is 8.17. The summed E-state index contributed by atoms with van der Waals surface area (Å²) in [6, 6.07) is 0. The summed E-state index contributed by atoms with van der Waals surface area (Å²) >= 11 is 0.906. The molecule has 4 heterocycles. The summed E-state index contributed by atoms with van der Waals surface area (Å²) in [5.41, 5.74) is 1.82. The summed E-state index contributed by atoms with van der Waals surface area (Å²) in [4.78, 5) is 34.4. The molecule has 2 aromatic heterocycles. The van der Waals surface area contributed by atoms with Crippen LogP contribution in [0, 0.1) is 5.41 Å². The highest BCUT2D eigenvalue weighted by atomic mass is 32.2. The highest BCUT2D eigenvalue weighted by Crippen LogP contribution is 2.59. The van der Waals surface area contributed by atoms with E-state index >= 15 is 4.39 Å². The standard InChI is InChI=1S/C18H25FN5O8PS/c1-17(2,7-25)15(27)34-5-4-29-33(28)30-6-9-11(32-33)18(3,19)14(31-9)24-8-21-10-12(24)22-16(20)23-13(10)26/h8-9,11,14,25H,4-7H2,1-3H3,(H3,20,22,23,26)/t9-,11-,14-,18-,33+/m1/s1. The zero-order chi connectivity index (χ0) is 24.9. The highest BCUT2D eigenvalue weighted by Gasteiger charge is 2.61. The smallest absolute Gasteiger partial charge is 0.395 e. The van der Waals surface area contributed by atoms with Crippen LogP contribution < -0.4 is 11.3 Å². The Bertz CT molecular complexity index is 1200. The molecule has 4 rings (SSSR count). The van der Waals surface area contributed by atoms with Crippen LogP contribution in [0.5, 0.6) is 0 Å². The molecule has 0 amide bonds. The van der Waals surface area contributed by atoms with Crippen LogP contribution in [0.4, 0.5) is 10.3 Å². The number of ether oxygens (including phenoxy) is 1. The number of imidazole rings is 1. The van der Waals surface area contributed by atoms with Gasteiger partial charge in [-0.15, -0.1) is 0 Å². The van der Waals surface area contributed by atoms with Gasteiger partial charge in [0.2, 0.25) is 5.95 Å². The maximum atomic E-state index is 16.0. The van der Waals surface area contributed by atoms with E-state index in [0.29, 0.717) is 0 Å². The van der Waals surface area contributed by atoms with E-state index in [4.69, 9.17) is 24.0 Å². The number of nitrogens with two attached hydrogens (primary N) is 1. The number of carbonyl (C=O) groups excluding carboxylic acids is 1. The van der Waals surface area contributed by atoms with Crippen molar-refractivity contribution in [3.63, 3.8) is 0 Å². The topological polar surface area (TPSA) is 181 Å². The predicted octanol–water partition coefficient (Wildman–Crippen LogP) is 1.15. The molecule has 5 atom stereocenters. The molecule has 2 saturated heterocycles. The van der Waals surface area contributed by atoms with Crippen molar-refractivity contribution in [3.8, 4) is 0 Å². The van der Waals surface area contributed by atoms with Gasteiger partial charge in [0.15, 0.2) is 28.2 Å². The van der Waals surface area contributed by atoms with Gasteiger partial charge >= 0.3 is 7.82 Å². The van der Waals surface area contributed by atoms with Crippen molar-refractivity contribution in [2.24, 2.45) is 5.41 Å². The normalized spacial score (nSPS) is 31.6. The van der Waals surface area contributed by atoms with Crippen LogP contribution in [-0.2, 0) is 27.7 Å². The maximum Gasteiger partial charge on any atom is 0.475 e. The number of aromatic nitrogens is 4. The second-order valence-electron chi connectivity index (χ2n) is 8.73. The lowest BCUT2D eigenvalue weighted by Gasteiger charge is -2.33. The lowest BCUT2D eigenvalue weighted by Crippen LogP contribution is -2.44. The van der Waals surface area contributed by atoms with Gasteiger partial charge in [-0.3, -0.25) is 32.7 Å². The quantitative estimate of drug-likeness (QED) is 0.350. The van der Waals surface area contributed by atoms with E-state index in [9.17, 15) is 19.3 Å². The van der Waals surface area contributed by atoms with Crippen LogP contribution in [0.3, 0.4) is 0 Å². The largest absolute Gasteiger partial charge is 0.475 e. The number of alkyl halides is 1. The number of phosphoric acid groups is 1. The molecule has 0 saturated carbocycles. The number of aliphatic hydroxyl groups excluding tert-OH is 1. The summed E-state index contributed by atoms with van der Waals surface area (Å²) in [7, 11) is -4.15. The Morgan fingerprint density at radius 1 is 1.56 bits per heavy atom. The number of hydrogen-bond donors (Lipinski definition) is 3. The second kappa shape index (κ2) is 8.97. The van der Waals surface area contributed by atoms with E-state index < -0.39 is 42.9 Å². The minimum absolute atomic E-state index is 0.0154. The SMILES string of the molecule is CC(C)(CO)C(=O)SCCO[P@@]1(=O)OC[C@H]2O[C@@H](n3cnc4c(=O)[nH]c(N)nc43)[C@](C)(F)[C@@H]2O1. The molecule has 188 valence electrons. The molecule has 0 spiro atoms. The molecule has 0 aliphatic carbocycles. The maximum absolute atomic E-state index is 16.0. The first-order valence-electron chi connectivity index (χ1n) is 10.3. The molecule has 0 bridgehead atoms. The third-order valence-electron chi connectivity index (χ3n) is 5.54. The number of nitrogens with zero attached hydrogens (tertiary/aromatic N) is 3. The third kappa shape index (κ3) is 4.53. The van der Waals surface area contributed by atoms with Crippen molar-refractivity contribution in [3.05, 3.63) is 16.7 Å². The van der Waals surface area contributed by atoms with E-state index in [2.05, 4.69) is 15.0 Å². The van der Waals surface area contributed by atoms with Gasteiger partial charge in [0.1, 0.15) is 12.2 Å². The minimum atomic E-state index is -4.15. The van der Waals surface area contributed by atoms with Crippen LogP contribution in [0.1, 0.15) is 27.0 Å². The fourth-order valence-electron chi connectivity index (χ4n) is 3.57. The molecule has 0 radical (unpaired) electrons. The van der Waals surface area contributed by atoms with Gasteiger partial charge in [0, 0.05) is 5.75 Å². The number of aromatic amines is 1. The summed E-state index contributed by atoms with van der Waals surface area (Å²) in [5, 5.41) is 8.99. The number of thioether (sulfide) groups is 1. The Kier molecular flexibility index (Phi) is 6.66. The van der Waals surface area contributed by atoms with E-state index in [1.165, 1.54) is 17.8 Å². The van der Waals surface area contributed by atoms with Crippen LogP contribution in [0.2, 0.25) is 0 Å². The number of H-pyrrole nitrogens is 1. The van der Waals surface area contributed by atoms with Crippen molar-refractivity contribution in [1.29, 1.82) is 0 Å². The Hall–Kier alpha value is -1.87. The molecule has 4 N–H and O–H groups in total. The van der Waals surface area contributed by atoms with Crippen LogP contribution in [-0.4, -0.2) is 73.2 Å². The predicted molar refractivity (Wildman–Crippen MR) is 119 cm³/mol. The van der Waals surface area contributed by atoms with Gasteiger partial charge in [0.05, 0.1) is 31.6 Å². The minimum Gasteiger partial charge on any atom is -0.395 e. The van der Waals surface area contributed by atoms with Crippen molar-refractivity contribution in [1.82, 2.24) is 19.5 Å². The molecule has 16 heteroatoms. The number of halogens is 1. The molecular formula is C18H25FN5O8PS. The molecule has 13 nitrogen and oxygen atoms in total. The lowest BCUT2D eigenvalue weighted by molar-refractivity contribution is -0.119. The molecule has 2 aliphatic heterocycles. The van der Waals surface area contributed by atoms with Gasteiger partial charge in [0.25, 0.3) is 5.56 Å². The Morgan fingerprint density at radius 2 is 2.29 bits per heavy atom. The molecule has 0 unspecified atom stereocenters. The van der Waals surface area contributed by atoms with E-state index in [1.807, 2.05) is 0 Å². The summed E-state index contributed by atoms with van der Waals surface area (Å²) in [5.74, 6) is -0.0479. The average molecular weight is 521 g/mol. The van der Waals surface area contributed by atoms with Crippen molar-refractivity contribution in [2.45, 2.75) is 44.9 Å². The molecule has 2 aromatic rings. The fourth-order valence-corrected chi connectivity index (χ4v) is 5.96. The number of nitrogen functional groups attached to an aromatic ring is 1. The Morgan fingerprint density at radius 3 is 3.00 bits per heavy atom. The Balaban J connectivity index is 1.45. The summed E-state index contributed by atoms with van der Waals surface area (Å²) in [6.07, 6.45) is -2.38. The number of nitrogens with one attached hydrogen (secondary N) is 1. The number of fused-ring (bicyclic) bond motifs is 2. The number of carbonyl (C=O) groups is 1. The van der Waals surface area contributed by atoms with Gasteiger partial charge < -0.3 is 15.6 Å². The van der Waals surface area contributed by atoms with Crippen LogP contribution >= 0.6 is 19.6 Å². The molecule has 34 heavy (non-hydrogen) atoms. The Labute approximate surface area is 197 Å². The van der Waals surface area contributed by atoms with Crippen LogP contribution in [0.15, 0.2) is 11.1 Å². The van der Waals surface area contributed by atoms with Gasteiger partial charge in [-0.1, -0.05) is 11.8 Å². The summed E-state index contributed by atoms with van der Waals surface area (Å²) in [6.45, 7) is 3.64. The van der Waals surface area contributed by atoms with Crippen molar-refractivity contribution in [2.75, 3.05) is 31.3 Å². The van der Waals surface area contributed by atoms with Crippen LogP contribution in [0.25, 0.3) is 11.2 Å². The zero-order valence-electron chi connectivity index (χ0n) is 18.6. The van der Waals surface area contributed by atoms with Gasteiger partial charge in [-0.05, 0) is 20.8 Å². The number of aliphatic hydroxyl groups is 1. The van der Waals surface area contributed by atoms with E-state index in [1.54, 1.807) is 13.8 Å². The van der Waals surface area contributed by atoms with Gasteiger partial charge in [-0.25, -0.2) is 13.9 Å². The monoisotopic (exact) mass is 521 g/mol. The number of hydrogen-bond acceptors (Lipinski definition) is 12. The molecule has 2 fully saturated rings. The lowest BCUT2D eigenvalue weighted by atomic mass is 9.97. The first kappa shape index (κ1) is 25.2. The van der Waals surface area contributed by atoms with Crippen molar-refractivity contribution >= 4 is 41.8 Å². The number of anilines is 1. The highest BCUT2D eigenvalue weighted by molar-refractivity contribution is 8.13. The van der Waals surface area contributed by atoms with Crippen molar-refractivity contribution < 1.29 is 37.2 Å².